The third-order valence-corrected chi connectivity index (χ3v) is 5.67. The number of likely N-dealkylation sites (tertiary alicyclic amines) is 1. The van der Waals surface area contributed by atoms with Crippen molar-refractivity contribution in [3.63, 3.8) is 0 Å². The van der Waals surface area contributed by atoms with Gasteiger partial charge in [-0.2, -0.15) is 0 Å². The normalized spacial score (nSPS) is 18.2. The van der Waals surface area contributed by atoms with Gasteiger partial charge in [0.15, 0.2) is 0 Å². The molecule has 2 aromatic rings. The van der Waals surface area contributed by atoms with Gasteiger partial charge in [0.25, 0.3) is 5.91 Å². The maximum atomic E-state index is 13.1. The molecule has 1 saturated heterocycles. The van der Waals surface area contributed by atoms with Crippen LogP contribution >= 0.6 is 11.6 Å². The molecule has 1 aliphatic rings. The standard InChI is InChI=1S/C23H27ClN2O4/c1-4-11-25-22(27)20-14-26(23(28)15-5-7-16(24)8-6-15)13-19(20)18-12-17(29-2)9-10-21(18)30-3/h5-10,12,19-20H,4,11,13-14H2,1-3H3,(H,25,27). The summed E-state index contributed by atoms with van der Waals surface area (Å²) in [5.41, 5.74) is 1.41. The van der Waals surface area contributed by atoms with Crippen LogP contribution in [0.5, 0.6) is 11.5 Å². The molecule has 1 N–H and O–H groups in total. The van der Waals surface area contributed by atoms with E-state index in [-0.39, 0.29) is 23.7 Å². The Bertz CT molecular complexity index is 901. The largest absolute Gasteiger partial charge is 0.497 e. The maximum absolute atomic E-state index is 13.1. The molecule has 7 heteroatoms. The summed E-state index contributed by atoms with van der Waals surface area (Å²) in [6, 6.07) is 12.3. The Labute approximate surface area is 182 Å². The molecule has 0 aliphatic carbocycles. The van der Waals surface area contributed by atoms with Gasteiger partial charge in [-0.3, -0.25) is 9.59 Å². The second kappa shape index (κ2) is 9.85. The van der Waals surface area contributed by atoms with E-state index < -0.39 is 0 Å². The Morgan fingerprint density at radius 3 is 2.47 bits per heavy atom. The molecule has 0 radical (unpaired) electrons. The summed E-state index contributed by atoms with van der Waals surface area (Å²) in [6.45, 7) is 3.35. The Hall–Kier alpha value is -2.73. The van der Waals surface area contributed by atoms with Crippen molar-refractivity contribution in [2.45, 2.75) is 19.3 Å². The number of carbonyl (C=O) groups excluding carboxylic acids is 2. The number of halogens is 1. The molecule has 1 aliphatic heterocycles. The number of carbonyl (C=O) groups is 2. The fraction of sp³-hybridized carbons (Fsp3) is 0.391. The molecule has 160 valence electrons. The summed E-state index contributed by atoms with van der Waals surface area (Å²) in [4.78, 5) is 27.8. The van der Waals surface area contributed by atoms with Crippen LogP contribution in [-0.2, 0) is 4.79 Å². The zero-order chi connectivity index (χ0) is 21.7. The average Bonchev–Trinajstić information content (AvgIpc) is 3.22. The van der Waals surface area contributed by atoms with Crippen LogP contribution in [0.2, 0.25) is 5.02 Å². The smallest absolute Gasteiger partial charge is 0.253 e. The molecular formula is C23H27ClN2O4. The van der Waals surface area contributed by atoms with Crippen LogP contribution in [0.15, 0.2) is 42.5 Å². The van der Waals surface area contributed by atoms with Gasteiger partial charge in [-0.1, -0.05) is 18.5 Å². The van der Waals surface area contributed by atoms with Gasteiger partial charge in [0.2, 0.25) is 5.91 Å². The molecule has 30 heavy (non-hydrogen) atoms. The van der Waals surface area contributed by atoms with E-state index >= 15 is 0 Å². The number of nitrogens with zero attached hydrogens (tertiary/aromatic N) is 1. The Balaban J connectivity index is 1.93. The molecule has 3 rings (SSSR count). The fourth-order valence-electron chi connectivity index (χ4n) is 3.83. The van der Waals surface area contributed by atoms with Gasteiger partial charge in [-0.05, 0) is 48.9 Å². The molecule has 2 atom stereocenters. The minimum Gasteiger partial charge on any atom is -0.497 e. The van der Waals surface area contributed by atoms with Crippen LogP contribution in [0.4, 0.5) is 0 Å². The minimum absolute atomic E-state index is 0.0573. The van der Waals surface area contributed by atoms with Crippen molar-refractivity contribution in [2.75, 3.05) is 33.9 Å². The first kappa shape index (κ1) is 22.0. The first-order valence-corrected chi connectivity index (χ1v) is 10.4. The van der Waals surface area contributed by atoms with Crippen molar-refractivity contribution in [2.24, 2.45) is 5.92 Å². The summed E-state index contributed by atoms with van der Waals surface area (Å²) < 4.78 is 10.9. The molecule has 2 unspecified atom stereocenters. The first-order valence-electron chi connectivity index (χ1n) is 10.0. The number of ether oxygens (including phenoxy) is 2. The first-order chi connectivity index (χ1) is 14.5. The van der Waals surface area contributed by atoms with Crippen molar-refractivity contribution in [3.8, 4) is 11.5 Å². The molecule has 0 aromatic heterocycles. The van der Waals surface area contributed by atoms with E-state index in [2.05, 4.69) is 5.32 Å². The predicted molar refractivity (Wildman–Crippen MR) is 116 cm³/mol. The number of hydrogen-bond donors (Lipinski definition) is 1. The van der Waals surface area contributed by atoms with Gasteiger partial charge >= 0.3 is 0 Å². The number of benzene rings is 2. The second-order valence-corrected chi connectivity index (χ2v) is 7.77. The quantitative estimate of drug-likeness (QED) is 0.726. The third kappa shape index (κ3) is 4.70. The van der Waals surface area contributed by atoms with Gasteiger partial charge in [0.1, 0.15) is 11.5 Å². The van der Waals surface area contributed by atoms with E-state index in [1.165, 1.54) is 0 Å². The summed E-state index contributed by atoms with van der Waals surface area (Å²) in [7, 11) is 3.20. The highest BCUT2D eigenvalue weighted by Crippen LogP contribution is 2.40. The number of methoxy groups -OCH3 is 2. The highest BCUT2D eigenvalue weighted by atomic mass is 35.5. The molecule has 2 aromatic carbocycles. The van der Waals surface area contributed by atoms with E-state index in [1.54, 1.807) is 43.4 Å². The SMILES string of the molecule is CCCNC(=O)C1CN(C(=O)c2ccc(Cl)cc2)CC1c1cc(OC)ccc1OC. The maximum Gasteiger partial charge on any atom is 0.253 e. The molecule has 1 fully saturated rings. The van der Waals surface area contributed by atoms with Crippen LogP contribution in [0.1, 0.15) is 35.2 Å². The van der Waals surface area contributed by atoms with Crippen molar-refractivity contribution in [1.82, 2.24) is 10.2 Å². The summed E-state index contributed by atoms with van der Waals surface area (Å²) in [6.07, 6.45) is 0.846. The van der Waals surface area contributed by atoms with Crippen molar-refractivity contribution in [1.29, 1.82) is 0 Å². The lowest BCUT2D eigenvalue weighted by Crippen LogP contribution is -2.36. The monoisotopic (exact) mass is 430 g/mol. The van der Waals surface area contributed by atoms with Gasteiger partial charge in [-0.15, -0.1) is 0 Å². The second-order valence-electron chi connectivity index (χ2n) is 7.33. The van der Waals surface area contributed by atoms with Crippen LogP contribution < -0.4 is 14.8 Å². The lowest BCUT2D eigenvalue weighted by atomic mass is 9.87. The Morgan fingerprint density at radius 1 is 1.10 bits per heavy atom. The fourth-order valence-corrected chi connectivity index (χ4v) is 3.96. The van der Waals surface area contributed by atoms with E-state index in [0.717, 1.165) is 12.0 Å². The molecule has 6 nitrogen and oxygen atoms in total. The summed E-state index contributed by atoms with van der Waals surface area (Å²) in [5, 5.41) is 3.55. The van der Waals surface area contributed by atoms with Gasteiger partial charge in [0, 0.05) is 41.7 Å². The zero-order valence-corrected chi connectivity index (χ0v) is 18.2. The van der Waals surface area contributed by atoms with Gasteiger partial charge in [0.05, 0.1) is 20.1 Å². The van der Waals surface area contributed by atoms with E-state index in [1.807, 2.05) is 25.1 Å². The Morgan fingerprint density at radius 2 is 1.83 bits per heavy atom. The number of nitrogens with one attached hydrogen (secondary N) is 1. The van der Waals surface area contributed by atoms with Crippen LogP contribution in [0.25, 0.3) is 0 Å². The molecule has 0 saturated carbocycles. The number of rotatable bonds is 7. The van der Waals surface area contributed by atoms with Gasteiger partial charge < -0.3 is 19.7 Å². The lowest BCUT2D eigenvalue weighted by Gasteiger charge is -2.21. The Kier molecular flexibility index (Phi) is 7.21. The zero-order valence-electron chi connectivity index (χ0n) is 17.5. The number of hydrogen-bond acceptors (Lipinski definition) is 4. The molecule has 2 amide bonds. The van der Waals surface area contributed by atoms with E-state index in [9.17, 15) is 9.59 Å². The number of amides is 2. The molecule has 0 spiro atoms. The molecular weight excluding hydrogens is 404 g/mol. The van der Waals surface area contributed by atoms with E-state index in [0.29, 0.717) is 41.7 Å². The third-order valence-electron chi connectivity index (χ3n) is 5.42. The lowest BCUT2D eigenvalue weighted by molar-refractivity contribution is -0.124. The average molecular weight is 431 g/mol. The predicted octanol–water partition coefficient (Wildman–Crippen LogP) is 3.74. The topological polar surface area (TPSA) is 67.9 Å². The molecule has 1 heterocycles. The van der Waals surface area contributed by atoms with Crippen molar-refractivity contribution < 1.29 is 19.1 Å². The van der Waals surface area contributed by atoms with Gasteiger partial charge in [-0.25, -0.2) is 0 Å². The summed E-state index contributed by atoms with van der Waals surface area (Å²) >= 11 is 5.95. The van der Waals surface area contributed by atoms with Crippen molar-refractivity contribution >= 4 is 23.4 Å². The summed E-state index contributed by atoms with van der Waals surface area (Å²) in [5.74, 6) is 0.593. The van der Waals surface area contributed by atoms with Crippen LogP contribution in [0.3, 0.4) is 0 Å². The van der Waals surface area contributed by atoms with Crippen LogP contribution in [-0.4, -0.2) is 50.6 Å². The van der Waals surface area contributed by atoms with E-state index in [4.69, 9.17) is 21.1 Å². The molecule has 0 bridgehead atoms. The highest BCUT2D eigenvalue weighted by molar-refractivity contribution is 6.30. The minimum atomic E-state index is -0.381. The van der Waals surface area contributed by atoms with Crippen LogP contribution in [0, 0.1) is 5.92 Å². The van der Waals surface area contributed by atoms with Crippen molar-refractivity contribution in [3.05, 3.63) is 58.6 Å². The highest BCUT2D eigenvalue weighted by Gasteiger charge is 2.41.